The molecule has 20 heavy (non-hydrogen) atoms. The molecule has 0 saturated carbocycles. The zero-order valence-corrected chi connectivity index (χ0v) is 12.3. The minimum Gasteiger partial charge on any atom is -0.337 e. The quantitative estimate of drug-likeness (QED) is 0.817. The molecule has 7 nitrogen and oxygen atoms in total. The van der Waals surface area contributed by atoms with Crippen molar-refractivity contribution in [3.8, 4) is 0 Å². The smallest absolute Gasteiger partial charge is 0.244 e. The third-order valence-electron chi connectivity index (χ3n) is 3.79. The first-order valence-corrected chi connectivity index (χ1v) is 7.21. The number of nitrogens with zero attached hydrogens (tertiary/aromatic N) is 5. The summed E-state index contributed by atoms with van der Waals surface area (Å²) in [5.74, 6) is 0.112. The molecule has 0 bridgehead atoms. The standard InChI is InChI=1S/C13H24N6O/c1-3-12-9-17(2)5-4-6-19(12)13(20)10-18-8-11(7-14)15-16-18/h8,12H,3-7,9-10,14H2,1-2H3. The van der Waals surface area contributed by atoms with E-state index in [1.54, 1.807) is 10.9 Å². The second-order valence-corrected chi connectivity index (χ2v) is 5.38. The van der Waals surface area contributed by atoms with Crippen LogP contribution in [0, 0.1) is 0 Å². The molecule has 2 heterocycles. The zero-order chi connectivity index (χ0) is 14.5. The van der Waals surface area contributed by atoms with Crippen LogP contribution in [0.15, 0.2) is 6.20 Å². The Morgan fingerprint density at radius 3 is 2.95 bits per heavy atom. The number of nitrogens with two attached hydrogens (primary N) is 1. The summed E-state index contributed by atoms with van der Waals surface area (Å²) in [5, 5.41) is 7.85. The number of amides is 1. The van der Waals surface area contributed by atoms with Crippen LogP contribution in [0.5, 0.6) is 0 Å². The van der Waals surface area contributed by atoms with E-state index >= 15 is 0 Å². The third kappa shape index (κ3) is 3.55. The average Bonchev–Trinajstić information content (AvgIpc) is 2.79. The lowest BCUT2D eigenvalue weighted by Gasteiger charge is -2.30. The topological polar surface area (TPSA) is 80.3 Å². The van der Waals surface area contributed by atoms with E-state index in [0.717, 1.165) is 32.5 Å². The fraction of sp³-hybridized carbons (Fsp3) is 0.769. The molecule has 1 unspecified atom stereocenters. The van der Waals surface area contributed by atoms with Crippen LogP contribution in [0.4, 0.5) is 0 Å². The van der Waals surface area contributed by atoms with E-state index in [0.29, 0.717) is 12.2 Å². The average molecular weight is 280 g/mol. The Hall–Kier alpha value is -1.47. The van der Waals surface area contributed by atoms with Crippen LogP contribution in [0.3, 0.4) is 0 Å². The molecule has 2 rings (SSSR count). The number of rotatable bonds is 4. The van der Waals surface area contributed by atoms with Gasteiger partial charge in [-0.25, -0.2) is 4.68 Å². The molecule has 1 aliphatic rings. The fourth-order valence-electron chi connectivity index (χ4n) is 2.66. The van der Waals surface area contributed by atoms with E-state index in [2.05, 4.69) is 29.2 Å². The van der Waals surface area contributed by atoms with E-state index in [1.165, 1.54) is 0 Å². The van der Waals surface area contributed by atoms with Crippen LogP contribution >= 0.6 is 0 Å². The number of aromatic nitrogens is 3. The summed E-state index contributed by atoms with van der Waals surface area (Å²) < 4.78 is 1.58. The largest absolute Gasteiger partial charge is 0.337 e. The SMILES string of the molecule is CCC1CN(C)CCCN1C(=O)Cn1cc(CN)nn1. The summed E-state index contributed by atoms with van der Waals surface area (Å²) in [6, 6.07) is 0.285. The lowest BCUT2D eigenvalue weighted by molar-refractivity contribution is -0.134. The number of likely N-dealkylation sites (N-methyl/N-ethyl adjacent to an activating group) is 1. The Morgan fingerprint density at radius 2 is 2.30 bits per heavy atom. The predicted molar refractivity (Wildman–Crippen MR) is 75.8 cm³/mol. The highest BCUT2D eigenvalue weighted by Crippen LogP contribution is 2.12. The van der Waals surface area contributed by atoms with Crippen LogP contribution in [0.25, 0.3) is 0 Å². The van der Waals surface area contributed by atoms with E-state index in [1.807, 2.05) is 4.90 Å². The first kappa shape index (κ1) is 14.9. The van der Waals surface area contributed by atoms with E-state index in [4.69, 9.17) is 5.73 Å². The van der Waals surface area contributed by atoms with Gasteiger partial charge < -0.3 is 15.5 Å². The second-order valence-electron chi connectivity index (χ2n) is 5.38. The van der Waals surface area contributed by atoms with Gasteiger partial charge in [0.2, 0.25) is 5.91 Å². The Morgan fingerprint density at radius 1 is 1.50 bits per heavy atom. The highest BCUT2D eigenvalue weighted by atomic mass is 16.2. The predicted octanol–water partition coefficient (Wildman–Crippen LogP) is -0.320. The maximum absolute atomic E-state index is 12.5. The van der Waals surface area contributed by atoms with Gasteiger partial charge in [0.25, 0.3) is 0 Å². The molecule has 0 radical (unpaired) electrons. The summed E-state index contributed by atoms with van der Waals surface area (Å²) in [6.07, 6.45) is 3.73. The van der Waals surface area contributed by atoms with Crippen LogP contribution in [-0.2, 0) is 17.9 Å². The van der Waals surface area contributed by atoms with Gasteiger partial charge in [-0.1, -0.05) is 12.1 Å². The van der Waals surface area contributed by atoms with Crippen LogP contribution in [0.1, 0.15) is 25.5 Å². The number of hydrogen-bond donors (Lipinski definition) is 1. The lowest BCUT2D eigenvalue weighted by Crippen LogP contribution is -2.44. The van der Waals surface area contributed by atoms with E-state index < -0.39 is 0 Å². The lowest BCUT2D eigenvalue weighted by atomic mass is 10.2. The maximum Gasteiger partial charge on any atom is 0.244 e. The number of carbonyl (C=O) groups excluding carboxylic acids is 1. The van der Waals surface area contributed by atoms with Crippen molar-refractivity contribution in [2.24, 2.45) is 5.73 Å². The van der Waals surface area contributed by atoms with E-state index in [9.17, 15) is 4.79 Å². The van der Waals surface area contributed by atoms with Crippen LogP contribution in [0.2, 0.25) is 0 Å². The molecule has 1 atom stereocenters. The first-order chi connectivity index (χ1) is 9.63. The molecule has 112 valence electrons. The Bertz CT molecular complexity index is 446. The van der Waals surface area contributed by atoms with Crippen molar-refractivity contribution in [1.29, 1.82) is 0 Å². The second kappa shape index (κ2) is 6.81. The molecule has 1 aromatic heterocycles. The summed E-state index contributed by atoms with van der Waals surface area (Å²) in [7, 11) is 2.11. The van der Waals surface area contributed by atoms with Crippen molar-refractivity contribution in [2.75, 3.05) is 26.7 Å². The molecule has 1 aliphatic heterocycles. The van der Waals surface area contributed by atoms with Crippen molar-refractivity contribution >= 4 is 5.91 Å². The number of carbonyl (C=O) groups is 1. The fourth-order valence-corrected chi connectivity index (χ4v) is 2.66. The summed E-state index contributed by atoms with van der Waals surface area (Å²) in [4.78, 5) is 16.8. The Kier molecular flexibility index (Phi) is 5.08. The molecule has 0 aliphatic carbocycles. The van der Waals surface area contributed by atoms with Crippen molar-refractivity contribution in [1.82, 2.24) is 24.8 Å². The van der Waals surface area contributed by atoms with Gasteiger partial charge in [0, 0.05) is 25.7 Å². The zero-order valence-electron chi connectivity index (χ0n) is 12.3. The highest BCUT2D eigenvalue weighted by Gasteiger charge is 2.26. The van der Waals surface area contributed by atoms with Crippen molar-refractivity contribution < 1.29 is 4.79 Å². The molecule has 0 spiro atoms. The summed E-state index contributed by atoms with van der Waals surface area (Å²) in [5.41, 5.74) is 6.21. The summed E-state index contributed by atoms with van der Waals surface area (Å²) >= 11 is 0. The van der Waals surface area contributed by atoms with E-state index in [-0.39, 0.29) is 18.5 Å². The molecule has 0 aromatic carbocycles. The van der Waals surface area contributed by atoms with Crippen LogP contribution in [-0.4, -0.2) is 63.4 Å². The van der Waals surface area contributed by atoms with Gasteiger partial charge in [-0.2, -0.15) is 0 Å². The molecular formula is C13H24N6O. The third-order valence-corrected chi connectivity index (χ3v) is 3.79. The van der Waals surface area contributed by atoms with Gasteiger partial charge in [-0.05, 0) is 26.4 Å². The molecule has 7 heteroatoms. The number of hydrogen-bond acceptors (Lipinski definition) is 5. The van der Waals surface area contributed by atoms with Crippen LogP contribution < -0.4 is 5.73 Å². The Balaban J connectivity index is 2.02. The first-order valence-electron chi connectivity index (χ1n) is 7.21. The van der Waals surface area contributed by atoms with Gasteiger partial charge in [-0.15, -0.1) is 5.10 Å². The molecule has 1 aromatic rings. The highest BCUT2D eigenvalue weighted by molar-refractivity contribution is 5.76. The molecule has 2 N–H and O–H groups in total. The normalized spacial score (nSPS) is 20.9. The van der Waals surface area contributed by atoms with Crippen molar-refractivity contribution in [3.63, 3.8) is 0 Å². The van der Waals surface area contributed by atoms with Gasteiger partial charge >= 0.3 is 0 Å². The minimum absolute atomic E-state index is 0.112. The van der Waals surface area contributed by atoms with Gasteiger partial charge in [0.15, 0.2) is 0 Å². The Labute approximate surface area is 119 Å². The van der Waals surface area contributed by atoms with Gasteiger partial charge in [0.05, 0.1) is 11.9 Å². The van der Waals surface area contributed by atoms with Crippen molar-refractivity contribution in [3.05, 3.63) is 11.9 Å². The molecule has 1 saturated heterocycles. The minimum atomic E-state index is 0.112. The maximum atomic E-state index is 12.5. The van der Waals surface area contributed by atoms with Crippen molar-refractivity contribution in [2.45, 2.75) is 38.9 Å². The molecular weight excluding hydrogens is 256 g/mol. The van der Waals surface area contributed by atoms with Gasteiger partial charge in [0.1, 0.15) is 6.54 Å². The monoisotopic (exact) mass is 280 g/mol. The summed E-state index contributed by atoms with van der Waals surface area (Å²) in [6.45, 7) is 5.52. The molecule has 1 fully saturated rings. The van der Waals surface area contributed by atoms with Gasteiger partial charge in [-0.3, -0.25) is 4.79 Å². The molecule has 1 amide bonds.